The van der Waals surface area contributed by atoms with Crippen LogP contribution < -0.4 is 5.46 Å². The Labute approximate surface area is 123 Å². The lowest BCUT2D eigenvalue weighted by atomic mass is 9.78. The van der Waals surface area contributed by atoms with Crippen LogP contribution in [-0.4, -0.2) is 28.3 Å². The monoisotopic (exact) mass is 288 g/mol. The molecule has 1 aliphatic heterocycles. The molecule has 1 fully saturated rings. The predicted octanol–water partition coefficient (Wildman–Crippen LogP) is 2.38. The van der Waals surface area contributed by atoms with Gasteiger partial charge >= 0.3 is 7.12 Å². The summed E-state index contributed by atoms with van der Waals surface area (Å²) in [5, 5.41) is 0.683. The molecule has 1 saturated heterocycles. The Bertz CT molecular complexity index is 702. The zero-order chi connectivity index (χ0) is 15.4. The number of hydrogen-bond donors (Lipinski definition) is 0. The number of halogens is 1. The van der Waals surface area contributed by atoms with Gasteiger partial charge in [0.25, 0.3) is 0 Å². The molecule has 0 N–H and O–H groups in total. The van der Waals surface area contributed by atoms with E-state index in [0.29, 0.717) is 16.4 Å². The van der Waals surface area contributed by atoms with Crippen molar-refractivity contribution in [2.45, 2.75) is 45.8 Å². The van der Waals surface area contributed by atoms with E-state index in [9.17, 15) is 4.39 Å². The van der Waals surface area contributed by atoms with Gasteiger partial charge in [0.2, 0.25) is 0 Å². The molecule has 1 aromatic heterocycles. The lowest BCUT2D eigenvalue weighted by molar-refractivity contribution is 0.00578. The molecule has 0 unspecified atom stereocenters. The van der Waals surface area contributed by atoms with E-state index in [0.717, 1.165) is 5.69 Å². The van der Waals surface area contributed by atoms with Crippen molar-refractivity contribution in [3.8, 4) is 0 Å². The second kappa shape index (κ2) is 4.48. The van der Waals surface area contributed by atoms with Crippen LogP contribution in [0.25, 0.3) is 10.9 Å². The Morgan fingerprint density at radius 1 is 1.05 bits per heavy atom. The van der Waals surface area contributed by atoms with Crippen LogP contribution in [0.15, 0.2) is 18.5 Å². The number of rotatable bonds is 1. The molecular weight excluding hydrogens is 270 g/mol. The summed E-state index contributed by atoms with van der Waals surface area (Å²) in [5.74, 6) is -0.386. The minimum atomic E-state index is -0.589. The molecule has 2 aromatic rings. The van der Waals surface area contributed by atoms with Crippen molar-refractivity contribution in [1.29, 1.82) is 0 Å². The van der Waals surface area contributed by atoms with E-state index in [1.54, 1.807) is 0 Å². The summed E-state index contributed by atoms with van der Waals surface area (Å²) in [7, 11) is -0.589. The molecule has 21 heavy (non-hydrogen) atoms. The van der Waals surface area contributed by atoms with E-state index in [4.69, 9.17) is 9.31 Å². The van der Waals surface area contributed by atoms with Crippen molar-refractivity contribution in [1.82, 2.24) is 9.97 Å². The highest BCUT2D eigenvalue weighted by atomic mass is 19.1. The molecule has 0 spiro atoms. The van der Waals surface area contributed by atoms with Crippen LogP contribution in [0.4, 0.5) is 4.39 Å². The second-order valence-corrected chi connectivity index (χ2v) is 6.45. The average molecular weight is 288 g/mol. The Hall–Kier alpha value is -1.53. The van der Waals surface area contributed by atoms with E-state index in [1.807, 2.05) is 40.7 Å². The molecule has 0 amide bonds. The standard InChI is InChI=1S/C15H18BFN2O2/c1-9-11-6-10(7-12(17)13(11)19-8-18-9)16-20-14(2,3)15(4,5)21-16/h6-8H,1-5H3. The van der Waals surface area contributed by atoms with Gasteiger partial charge in [-0.25, -0.2) is 14.4 Å². The number of benzene rings is 1. The topological polar surface area (TPSA) is 44.2 Å². The molecule has 0 atom stereocenters. The van der Waals surface area contributed by atoms with Crippen molar-refractivity contribution in [2.75, 3.05) is 0 Å². The van der Waals surface area contributed by atoms with E-state index >= 15 is 0 Å². The zero-order valence-electron chi connectivity index (χ0n) is 12.9. The van der Waals surface area contributed by atoms with Crippen molar-refractivity contribution >= 4 is 23.5 Å². The Morgan fingerprint density at radius 3 is 2.29 bits per heavy atom. The Morgan fingerprint density at radius 2 is 1.67 bits per heavy atom. The highest BCUT2D eigenvalue weighted by Crippen LogP contribution is 2.36. The van der Waals surface area contributed by atoms with Gasteiger partial charge in [0.05, 0.1) is 11.2 Å². The van der Waals surface area contributed by atoms with Crippen LogP contribution in [0, 0.1) is 12.7 Å². The third-order valence-electron chi connectivity index (χ3n) is 4.44. The van der Waals surface area contributed by atoms with Gasteiger partial charge in [0, 0.05) is 11.1 Å². The van der Waals surface area contributed by atoms with Crippen LogP contribution in [0.2, 0.25) is 0 Å². The van der Waals surface area contributed by atoms with Crippen LogP contribution in [0.1, 0.15) is 33.4 Å². The van der Waals surface area contributed by atoms with E-state index in [1.165, 1.54) is 12.4 Å². The predicted molar refractivity (Wildman–Crippen MR) is 79.9 cm³/mol. The SMILES string of the molecule is Cc1ncnc2c(F)cc(B3OC(C)(C)C(C)(C)O3)cc12. The molecule has 110 valence electrons. The van der Waals surface area contributed by atoms with Gasteiger partial charge in [-0.05, 0) is 46.1 Å². The van der Waals surface area contributed by atoms with Crippen molar-refractivity contribution in [3.05, 3.63) is 30.0 Å². The molecule has 0 radical (unpaired) electrons. The second-order valence-electron chi connectivity index (χ2n) is 6.45. The summed E-state index contributed by atoms with van der Waals surface area (Å²) < 4.78 is 26.2. The minimum absolute atomic E-state index is 0.322. The Balaban J connectivity index is 2.09. The number of aryl methyl sites for hydroxylation is 1. The van der Waals surface area contributed by atoms with Gasteiger partial charge in [-0.2, -0.15) is 0 Å². The lowest BCUT2D eigenvalue weighted by Gasteiger charge is -2.32. The summed E-state index contributed by atoms with van der Waals surface area (Å²) in [6.07, 6.45) is 1.37. The molecular formula is C15H18BFN2O2. The first-order chi connectivity index (χ1) is 9.71. The first-order valence-corrected chi connectivity index (χ1v) is 6.98. The summed E-state index contributed by atoms with van der Waals surface area (Å²) in [6.45, 7) is 9.71. The molecule has 0 aliphatic carbocycles. The number of aromatic nitrogens is 2. The number of fused-ring (bicyclic) bond motifs is 1. The van der Waals surface area contributed by atoms with E-state index in [-0.39, 0.29) is 5.82 Å². The highest BCUT2D eigenvalue weighted by Gasteiger charge is 2.51. The lowest BCUT2D eigenvalue weighted by Crippen LogP contribution is -2.41. The molecule has 4 nitrogen and oxygen atoms in total. The molecule has 3 rings (SSSR count). The summed E-state index contributed by atoms with van der Waals surface area (Å²) in [4.78, 5) is 8.11. The summed E-state index contributed by atoms with van der Waals surface area (Å²) >= 11 is 0. The fourth-order valence-corrected chi connectivity index (χ4v) is 2.39. The van der Waals surface area contributed by atoms with E-state index in [2.05, 4.69) is 9.97 Å². The first kappa shape index (κ1) is 14.4. The van der Waals surface area contributed by atoms with Gasteiger partial charge in [0.15, 0.2) is 0 Å². The van der Waals surface area contributed by atoms with Gasteiger partial charge in [0.1, 0.15) is 17.7 Å². The molecule has 0 saturated carbocycles. The molecule has 1 aromatic carbocycles. The van der Waals surface area contributed by atoms with Gasteiger partial charge in [-0.3, -0.25) is 0 Å². The van der Waals surface area contributed by atoms with Crippen LogP contribution >= 0.6 is 0 Å². The summed E-state index contributed by atoms with van der Waals surface area (Å²) in [5.41, 5.74) is 0.799. The van der Waals surface area contributed by atoms with Gasteiger partial charge in [-0.1, -0.05) is 6.07 Å². The Kier molecular flexibility index (Phi) is 3.08. The first-order valence-electron chi connectivity index (χ1n) is 6.98. The number of nitrogens with zero attached hydrogens (tertiary/aromatic N) is 2. The van der Waals surface area contributed by atoms with Crippen LogP contribution in [0.3, 0.4) is 0 Å². The van der Waals surface area contributed by atoms with Crippen LogP contribution in [-0.2, 0) is 9.31 Å². The molecule has 2 heterocycles. The van der Waals surface area contributed by atoms with Crippen molar-refractivity contribution in [2.24, 2.45) is 0 Å². The number of hydrogen-bond acceptors (Lipinski definition) is 4. The average Bonchev–Trinajstić information content (AvgIpc) is 2.60. The fraction of sp³-hybridized carbons (Fsp3) is 0.467. The third-order valence-corrected chi connectivity index (χ3v) is 4.44. The van der Waals surface area contributed by atoms with E-state index < -0.39 is 18.3 Å². The third kappa shape index (κ3) is 2.22. The van der Waals surface area contributed by atoms with Crippen molar-refractivity contribution in [3.63, 3.8) is 0 Å². The maximum Gasteiger partial charge on any atom is 0.494 e. The maximum atomic E-state index is 14.3. The molecule has 6 heteroatoms. The molecule has 1 aliphatic rings. The smallest absolute Gasteiger partial charge is 0.399 e. The largest absolute Gasteiger partial charge is 0.494 e. The van der Waals surface area contributed by atoms with Gasteiger partial charge in [-0.15, -0.1) is 0 Å². The minimum Gasteiger partial charge on any atom is -0.399 e. The zero-order valence-corrected chi connectivity index (χ0v) is 12.9. The fourth-order valence-electron chi connectivity index (χ4n) is 2.39. The van der Waals surface area contributed by atoms with Gasteiger partial charge < -0.3 is 9.31 Å². The summed E-state index contributed by atoms with van der Waals surface area (Å²) in [6, 6.07) is 3.27. The van der Waals surface area contributed by atoms with Crippen molar-refractivity contribution < 1.29 is 13.7 Å². The van der Waals surface area contributed by atoms with Crippen LogP contribution in [0.5, 0.6) is 0 Å². The quantitative estimate of drug-likeness (QED) is 0.756. The molecule has 0 bridgehead atoms. The normalized spacial score (nSPS) is 20.2. The maximum absolute atomic E-state index is 14.3. The highest BCUT2D eigenvalue weighted by molar-refractivity contribution is 6.62.